The summed E-state index contributed by atoms with van der Waals surface area (Å²) in [7, 11) is 0. The summed E-state index contributed by atoms with van der Waals surface area (Å²) in [5.74, 6) is 3.05. The fourth-order valence-corrected chi connectivity index (χ4v) is 3.24. The lowest BCUT2D eigenvalue weighted by atomic mass is 9.94. The van der Waals surface area contributed by atoms with E-state index in [0.29, 0.717) is 5.92 Å². The van der Waals surface area contributed by atoms with Crippen LogP contribution in [-0.2, 0) is 0 Å². The van der Waals surface area contributed by atoms with Gasteiger partial charge in [-0.2, -0.15) is 4.98 Å². The summed E-state index contributed by atoms with van der Waals surface area (Å²) < 4.78 is 0. The molecule has 0 amide bonds. The van der Waals surface area contributed by atoms with Crippen LogP contribution in [0.15, 0.2) is 24.4 Å². The third-order valence-corrected chi connectivity index (χ3v) is 4.80. The second-order valence-electron chi connectivity index (χ2n) is 6.69. The fraction of sp³-hybridized carbons (Fsp3) is 0.500. The first-order valence-electron chi connectivity index (χ1n) is 8.82. The molecule has 2 aliphatic heterocycles. The monoisotopic (exact) mass is 324 g/mol. The molecule has 24 heavy (non-hydrogen) atoms. The molecule has 2 N–H and O–H groups in total. The molecule has 0 atom stereocenters. The molecule has 0 bridgehead atoms. The van der Waals surface area contributed by atoms with Gasteiger partial charge in [-0.25, -0.2) is 9.97 Å². The summed E-state index contributed by atoms with van der Waals surface area (Å²) in [5.41, 5.74) is 2.34. The lowest BCUT2D eigenvalue weighted by Gasteiger charge is -2.32. The first-order chi connectivity index (χ1) is 11.8. The molecule has 0 saturated carbocycles. The SMILES string of the molecule is Cc1ccnc(Nc2cc(C3CCNCC3)nc(N3CCC3)n2)c1. The van der Waals surface area contributed by atoms with Crippen LogP contribution in [0.3, 0.4) is 0 Å². The number of aromatic nitrogens is 3. The van der Waals surface area contributed by atoms with Gasteiger partial charge >= 0.3 is 0 Å². The van der Waals surface area contributed by atoms with Gasteiger partial charge in [0.15, 0.2) is 0 Å². The van der Waals surface area contributed by atoms with Gasteiger partial charge in [0, 0.05) is 31.3 Å². The Morgan fingerprint density at radius 1 is 1.12 bits per heavy atom. The van der Waals surface area contributed by atoms with Gasteiger partial charge in [0.25, 0.3) is 0 Å². The Labute approximate surface area is 142 Å². The smallest absolute Gasteiger partial charge is 0.227 e. The molecule has 0 radical (unpaired) electrons. The number of hydrogen-bond donors (Lipinski definition) is 2. The fourth-order valence-electron chi connectivity index (χ4n) is 3.24. The lowest BCUT2D eigenvalue weighted by molar-refractivity contribution is 0.452. The number of rotatable bonds is 4. The molecule has 126 valence electrons. The molecule has 2 fully saturated rings. The van der Waals surface area contributed by atoms with Crippen molar-refractivity contribution in [3.8, 4) is 0 Å². The van der Waals surface area contributed by atoms with Gasteiger partial charge in [-0.3, -0.25) is 0 Å². The molecule has 4 heterocycles. The van der Waals surface area contributed by atoms with Crippen LogP contribution < -0.4 is 15.5 Å². The molecule has 0 aromatic carbocycles. The standard InChI is InChI=1S/C18H24N6/c1-13-3-8-20-16(11-13)22-17-12-15(14-4-6-19-7-5-14)21-18(23-17)24-9-2-10-24/h3,8,11-12,14,19H,2,4-7,9-10H2,1H3,(H,20,21,22,23). The van der Waals surface area contributed by atoms with Gasteiger partial charge < -0.3 is 15.5 Å². The zero-order valence-corrected chi connectivity index (χ0v) is 14.1. The molecule has 6 nitrogen and oxygen atoms in total. The number of piperidine rings is 1. The maximum atomic E-state index is 4.86. The van der Waals surface area contributed by atoms with E-state index in [0.717, 1.165) is 62.3 Å². The molecular weight excluding hydrogens is 300 g/mol. The van der Waals surface area contributed by atoms with E-state index in [-0.39, 0.29) is 0 Å². The molecule has 2 aromatic rings. The molecule has 2 aromatic heterocycles. The Kier molecular flexibility index (Phi) is 4.30. The molecule has 2 saturated heterocycles. The van der Waals surface area contributed by atoms with Crippen molar-refractivity contribution in [3.63, 3.8) is 0 Å². The highest BCUT2D eigenvalue weighted by Gasteiger charge is 2.22. The van der Waals surface area contributed by atoms with E-state index < -0.39 is 0 Å². The Morgan fingerprint density at radius 2 is 1.96 bits per heavy atom. The average molecular weight is 324 g/mol. The molecule has 0 aliphatic carbocycles. The molecule has 0 spiro atoms. The highest BCUT2D eigenvalue weighted by Crippen LogP contribution is 2.29. The van der Waals surface area contributed by atoms with Gasteiger partial charge in [0.05, 0.1) is 5.69 Å². The zero-order chi connectivity index (χ0) is 16.4. The number of nitrogens with one attached hydrogen (secondary N) is 2. The van der Waals surface area contributed by atoms with Crippen molar-refractivity contribution in [2.24, 2.45) is 0 Å². The average Bonchev–Trinajstić information content (AvgIpc) is 2.54. The summed E-state index contributed by atoms with van der Waals surface area (Å²) in [6, 6.07) is 6.13. The van der Waals surface area contributed by atoms with Crippen LogP contribution >= 0.6 is 0 Å². The Morgan fingerprint density at radius 3 is 2.67 bits per heavy atom. The molecule has 0 unspecified atom stereocenters. The van der Waals surface area contributed by atoms with E-state index in [9.17, 15) is 0 Å². The second-order valence-corrected chi connectivity index (χ2v) is 6.69. The van der Waals surface area contributed by atoms with Crippen molar-refractivity contribution in [1.29, 1.82) is 0 Å². The summed E-state index contributed by atoms with van der Waals surface area (Å²) in [4.78, 5) is 16.2. The van der Waals surface area contributed by atoms with E-state index in [4.69, 9.17) is 9.97 Å². The summed E-state index contributed by atoms with van der Waals surface area (Å²) in [6.07, 6.45) is 5.32. The first kappa shape index (κ1) is 15.3. The third kappa shape index (κ3) is 3.33. The van der Waals surface area contributed by atoms with Crippen LogP contribution in [0.25, 0.3) is 0 Å². The van der Waals surface area contributed by atoms with Crippen molar-refractivity contribution in [3.05, 3.63) is 35.7 Å². The summed E-state index contributed by atoms with van der Waals surface area (Å²) in [6.45, 7) is 6.31. The Balaban J connectivity index is 1.64. The third-order valence-electron chi connectivity index (χ3n) is 4.80. The van der Waals surface area contributed by atoms with Gasteiger partial charge in [-0.15, -0.1) is 0 Å². The maximum absolute atomic E-state index is 4.86. The van der Waals surface area contributed by atoms with Crippen LogP contribution in [-0.4, -0.2) is 41.1 Å². The number of pyridine rings is 1. The van der Waals surface area contributed by atoms with E-state index in [1.807, 2.05) is 18.3 Å². The minimum atomic E-state index is 0.514. The number of aryl methyl sites for hydroxylation is 1. The quantitative estimate of drug-likeness (QED) is 0.901. The van der Waals surface area contributed by atoms with Gasteiger partial charge in [-0.1, -0.05) is 0 Å². The van der Waals surface area contributed by atoms with Crippen molar-refractivity contribution in [2.75, 3.05) is 36.4 Å². The number of nitrogens with zero attached hydrogens (tertiary/aromatic N) is 4. The second kappa shape index (κ2) is 6.73. The van der Waals surface area contributed by atoms with E-state index >= 15 is 0 Å². The van der Waals surface area contributed by atoms with Crippen LogP contribution in [0.4, 0.5) is 17.6 Å². The summed E-state index contributed by atoms with van der Waals surface area (Å²) >= 11 is 0. The lowest BCUT2D eigenvalue weighted by Crippen LogP contribution is -2.38. The van der Waals surface area contributed by atoms with Crippen molar-refractivity contribution in [1.82, 2.24) is 20.3 Å². The topological polar surface area (TPSA) is 66.0 Å². The van der Waals surface area contributed by atoms with Crippen molar-refractivity contribution >= 4 is 17.6 Å². The zero-order valence-electron chi connectivity index (χ0n) is 14.1. The van der Waals surface area contributed by atoms with Gasteiger partial charge in [0.1, 0.15) is 11.6 Å². The molecular formula is C18H24N6. The number of hydrogen-bond acceptors (Lipinski definition) is 6. The predicted molar refractivity (Wildman–Crippen MR) is 96.0 cm³/mol. The Bertz CT molecular complexity index is 706. The highest BCUT2D eigenvalue weighted by molar-refractivity contribution is 5.55. The maximum Gasteiger partial charge on any atom is 0.227 e. The van der Waals surface area contributed by atoms with E-state index in [1.165, 1.54) is 12.0 Å². The van der Waals surface area contributed by atoms with Gasteiger partial charge in [0.2, 0.25) is 5.95 Å². The predicted octanol–water partition coefficient (Wildman–Crippen LogP) is 2.60. The van der Waals surface area contributed by atoms with Crippen molar-refractivity contribution < 1.29 is 0 Å². The molecule has 2 aliphatic rings. The number of anilines is 3. The highest BCUT2D eigenvalue weighted by atomic mass is 15.3. The van der Waals surface area contributed by atoms with Gasteiger partial charge in [-0.05, 0) is 57.0 Å². The van der Waals surface area contributed by atoms with E-state index in [2.05, 4.69) is 33.5 Å². The summed E-state index contributed by atoms with van der Waals surface area (Å²) in [5, 5.41) is 6.79. The Hall–Kier alpha value is -2.21. The van der Waals surface area contributed by atoms with Crippen LogP contribution in [0, 0.1) is 6.92 Å². The minimum absolute atomic E-state index is 0.514. The van der Waals surface area contributed by atoms with Crippen LogP contribution in [0.1, 0.15) is 36.4 Å². The van der Waals surface area contributed by atoms with E-state index in [1.54, 1.807) is 0 Å². The molecule has 4 rings (SSSR count). The minimum Gasteiger partial charge on any atom is -0.341 e. The van der Waals surface area contributed by atoms with Crippen LogP contribution in [0.5, 0.6) is 0 Å². The molecule has 6 heteroatoms. The first-order valence-corrected chi connectivity index (χ1v) is 8.82. The van der Waals surface area contributed by atoms with Crippen molar-refractivity contribution in [2.45, 2.75) is 32.1 Å². The van der Waals surface area contributed by atoms with Crippen LogP contribution in [0.2, 0.25) is 0 Å². The normalized spacial score (nSPS) is 18.3. The largest absolute Gasteiger partial charge is 0.341 e.